The molecule has 0 bridgehead atoms. The Balaban J connectivity index is 2.27. The van der Waals surface area contributed by atoms with Crippen LogP contribution in [0.2, 0.25) is 0 Å². The first-order valence-electron chi connectivity index (χ1n) is 6.79. The zero-order valence-corrected chi connectivity index (χ0v) is 11.8. The van der Waals surface area contributed by atoms with Crippen molar-refractivity contribution in [3.8, 4) is 0 Å². The number of hydrogen-bond donors (Lipinski definition) is 1. The summed E-state index contributed by atoms with van der Waals surface area (Å²) in [7, 11) is 0. The highest BCUT2D eigenvalue weighted by atomic mass is 16.4. The van der Waals surface area contributed by atoms with Gasteiger partial charge in [0, 0.05) is 31.7 Å². The summed E-state index contributed by atoms with van der Waals surface area (Å²) in [6.45, 7) is 4.64. The molecule has 1 aromatic carbocycles. The van der Waals surface area contributed by atoms with Crippen LogP contribution in [0.25, 0.3) is 0 Å². The van der Waals surface area contributed by atoms with Gasteiger partial charge in [0.15, 0.2) is 0 Å². The first-order valence-corrected chi connectivity index (χ1v) is 6.79. The fraction of sp³-hybridized carbons (Fsp3) is 0.467. The van der Waals surface area contributed by atoms with Gasteiger partial charge in [-0.05, 0) is 19.1 Å². The summed E-state index contributed by atoms with van der Waals surface area (Å²) in [5, 5.41) is 9.11. The van der Waals surface area contributed by atoms with Gasteiger partial charge in [-0.25, -0.2) is 0 Å². The van der Waals surface area contributed by atoms with Crippen LogP contribution in [0.5, 0.6) is 0 Å². The van der Waals surface area contributed by atoms with Gasteiger partial charge in [-0.1, -0.05) is 18.2 Å². The molecular weight excluding hydrogens is 256 g/mol. The molecule has 1 heterocycles. The van der Waals surface area contributed by atoms with Gasteiger partial charge in [-0.15, -0.1) is 0 Å². The van der Waals surface area contributed by atoms with E-state index in [1.165, 1.54) is 6.92 Å². The molecule has 1 aliphatic rings. The highest BCUT2D eigenvalue weighted by Gasteiger charge is 2.34. The molecular formula is C15H20N2O3. The number of nitrogens with zero attached hydrogens (tertiary/aromatic N) is 2. The van der Waals surface area contributed by atoms with Crippen LogP contribution in [0.15, 0.2) is 30.3 Å². The molecule has 5 nitrogen and oxygen atoms in total. The first-order chi connectivity index (χ1) is 9.49. The zero-order chi connectivity index (χ0) is 14.7. The summed E-state index contributed by atoms with van der Waals surface area (Å²) in [6, 6.07) is 9.69. The van der Waals surface area contributed by atoms with E-state index in [1.54, 1.807) is 4.90 Å². The normalized spacial score (nSPS) is 22.7. The van der Waals surface area contributed by atoms with Gasteiger partial charge in [0.05, 0.1) is 12.5 Å². The Hall–Kier alpha value is -2.04. The molecule has 0 saturated carbocycles. The number of piperazine rings is 1. The van der Waals surface area contributed by atoms with Crippen molar-refractivity contribution in [2.24, 2.45) is 0 Å². The van der Waals surface area contributed by atoms with E-state index in [-0.39, 0.29) is 24.4 Å². The number of carboxylic acids is 1. The van der Waals surface area contributed by atoms with Crippen LogP contribution in [-0.2, 0) is 9.59 Å². The molecule has 1 aromatic rings. The van der Waals surface area contributed by atoms with Crippen LogP contribution >= 0.6 is 0 Å². The lowest BCUT2D eigenvalue weighted by molar-refractivity contribution is -0.139. The molecule has 0 radical (unpaired) electrons. The van der Waals surface area contributed by atoms with Gasteiger partial charge >= 0.3 is 5.97 Å². The maximum atomic E-state index is 11.6. The topological polar surface area (TPSA) is 60.9 Å². The number of carbonyl (C=O) groups excluding carboxylic acids is 1. The van der Waals surface area contributed by atoms with E-state index < -0.39 is 5.97 Å². The zero-order valence-electron chi connectivity index (χ0n) is 11.8. The highest BCUT2D eigenvalue weighted by molar-refractivity contribution is 5.74. The maximum Gasteiger partial charge on any atom is 0.305 e. The molecule has 0 spiro atoms. The number of anilines is 1. The molecule has 20 heavy (non-hydrogen) atoms. The Morgan fingerprint density at radius 3 is 2.45 bits per heavy atom. The van der Waals surface area contributed by atoms with Crippen molar-refractivity contribution in [3.05, 3.63) is 30.3 Å². The van der Waals surface area contributed by atoms with Crippen LogP contribution < -0.4 is 4.90 Å². The van der Waals surface area contributed by atoms with E-state index in [4.69, 9.17) is 5.11 Å². The van der Waals surface area contributed by atoms with Gasteiger partial charge in [0.1, 0.15) is 0 Å². The van der Waals surface area contributed by atoms with E-state index in [2.05, 4.69) is 4.90 Å². The second-order valence-corrected chi connectivity index (χ2v) is 5.27. The van der Waals surface area contributed by atoms with Crippen molar-refractivity contribution < 1.29 is 14.7 Å². The molecule has 1 amide bonds. The van der Waals surface area contributed by atoms with Crippen molar-refractivity contribution in [3.63, 3.8) is 0 Å². The van der Waals surface area contributed by atoms with Crippen LogP contribution in [0.4, 0.5) is 5.69 Å². The minimum Gasteiger partial charge on any atom is -0.481 e. The smallest absolute Gasteiger partial charge is 0.305 e. The molecule has 5 heteroatoms. The molecule has 2 rings (SSSR count). The van der Waals surface area contributed by atoms with E-state index in [1.807, 2.05) is 37.3 Å². The van der Waals surface area contributed by atoms with Gasteiger partial charge < -0.3 is 14.9 Å². The van der Waals surface area contributed by atoms with Crippen LogP contribution in [0.1, 0.15) is 20.3 Å². The molecule has 0 aromatic heterocycles. The van der Waals surface area contributed by atoms with Crippen molar-refractivity contribution >= 4 is 17.6 Å². The van der Waals surface area contributed by atoms with E-state index in [0.29, 0.717) is 13.1 Å². The minimum absolute atomic E-state index is 0.0000459. The summed E-state index contributed by atoms with van der Waals surface area (Å²) in [5.41, 5.74) is 1.01. The van der Waals surface area contributed by atoms with Crippen molar-refractivity contribution in [1.29, 1.82) is 0 Å². The summed E-state index contributed by atoms with van der Waals surface area (Å²) < 4.78 is 0. The number of hydrogen-bond acceptors (Lipinski definition) is 3. The summed E-state index contributed by atoms with van der Waals surface area (Å²) in [4.78, 5) is 26.5. The van der Waals surface area contributed by atoms with Gasteiger partial charge in [-0.3, -0.25) is 9.59 Å². The number of carbonyl (C=O) groups is 2. The highest BCUT2D eigenvalue weighted by Crippen LogP contribution is 2.26. The molecule has 1 fully saturated rings. The third-order valence-electron chi connectivity index (χ3n) is 3.69. The lowest BCUT2D eigenvalue weighted by Gasteiger charge is -2.46. The average molecular weight is 276 g/mol. The van der Waals surface area contributed by atoms with Crippen molar-refractivity contribution in [2.45, 2.75) is 32.4 Å². The van der Waals surface area contributed by atoms with Gasteiger partial charge in [0.2, 0.25) is 5.91 Å². The number of aliphatic carboxylic acids is 1. The van der Waals surface area contributed by atoms with E-state index in [0.717, 1.165) is 5.69 Å². The number of para-hydroxylation sites is 1. The molecule has 1 saturated heterocycles. The van der Waals surface area contributed by atoms with E-state index >= 15 is 0 Å². The van der Waals surface area contributed by atoms with Gasteiger partial charge in [-0.2, -0.15) is 0 Å². The minimum atomic E-state index is -0.839. The Labute approximate surface area is 118 Å². The molecule has 2 atom stereocenters. The molecule has 0 aliphatic carbocycles. The summed E-state index contributed by atoms with van der Waals surface area (Å²) in [6.07, 6.45) is 0.0308. The van der Waals surface area contributed by atoms with Crippen LogP contribution in [-0.4, -0.2) is 47.1 Å². The largest absolute Gasteiger partial charge is 0.481 e. The maximum absolute atomic E-state index is 11.6. The number of carboxylic acid groups (broad SMARTS) is 1. The Kier molecular flexibility index (Phi) is 4.27. The predicted molar refractivity (Wildman–Crippen MR) is 76.7 cm³/mol. The molecule has 1 aliphatic heterocycles. The van der Waals surface area contributed by atoms with Gasteiger partial charge in [0.25, 0.3) is 0 Å². The predicted octanol–water partition coefficient (Wildman–Crippen LogP) is 1.59. The van der Waals surface area contributed by atoms with E-state index in [9.17, 15) is 9.59 Å². The SMILES string of the molecule is CC(=O)N1C[C@H](CC(=O)O)N(c2ccccc2)[C@@H](C)C1. The Bertz CT molecular complexity index is 489. The Morgan fingerprint density at radius 2 is 1.90 bits per heavy atom. The number of amides is 1. The standard InChI is InChI=1S/C15H20N2O3/c1-11-9-16(12(2)18)10-14(8-15(19)20)17(11)13-6-4-3-5-7-13/h3-7,11,14H,8-10H2,1-2H3,(H,19,20)/t11-,14-/m0/s1. The number of rotatable bonds is 3. The van der Waals surface area contributed by atoms with Crippen molar-refractivity contribution in [2.75, 3.05) is 18.0 Å². The van der Waals surface area contributed by atoms with Crippen LogP contribution in [0, 0.1) is 0 Å². The van der Waals surface area contributed by atoms with Crippen LogP contribution in [0.3, 0.4) is 0 Å². The average Bonchev–Trinajstić information content (AvgIpc) is 2.38. The summed E-state index contributed by atoms with van der Waals surface area (Å²) in [5.74, 6) is -0.839. The lowest BCUT2D eigenvalue weighted by atomic mass is 10.0. The Morgan fingerprint density at radius 1 is 1.25 bits per heavy atom. The quantitative estimate of drug-likeness (QED) is 0.910. The number of benzene rings is 1. The third-order valence-corrected chi connectivity index (χ3v) is 3.69. The lowest BCUT2D eigenvalue weighted by Crippen LogP contribution is -2.59. The second kappa shape index (κ2) is 5.94. The van der Waals surface area contributed by atoms with Crippen molar-refractivity contribution in [1.82, 2.24) is 4.90 Å². The fourth-order valence-electron chi connectivity index (χ4n) is 2.87. The third kappa shape index (κ3) is 3.10. The molecule has 0 unspecified atom stereocenters. The fourth-order valence-corrected chi connectivity index (χ4v) is 2.87. The molecule has 1 N–H and O–H groups in total. The summed E-state index contributed by atoms with van der Waals surface area (Å²) >= 11 is 0. The monoisotopic (exact) mass is 276 g/mol. The first kappa shape index (κ1) is 14.4. The molecule has 108 valence electrons. The second-order valence-electron chi connectivity index (χ2n) is 5.27.